The Kier molecular flexibility index (Phi) is 4.92. The number of hydrogen-bond acceptors (Lipinski definition) is 1. The number of likely N-dealkylation sites (tertiary alicyclic amines) is 1. The zero-order valence-electron chi connectivity index (χ0n) is 15.4. The highest BCUT2D eigenvalue weighted by molar-refractivity contribution is 6.36. The molecule has 140 valence electrons. The standard InChI is InChI=1S/C22H22Cl2N2O/c1-3-13(2)26-19(10-11-20(26)27)21-16-6-4-5-7-18(16)25-22(21)15-9-8-14(23)12-17(15)24/h4-9,12-13,19,25H,3,10-11H2,1-2H3. The van der Waals surface area contributed by atoms with E-state index < -0.39 is 0 Å². The molecule has 2 atom stereocenters. The Balaban J connectivity index is 1.95. The lowest BCUT2D eigenvalue weighted by Crippen LogP contribution is -2.35. The number of halogens is 2. The van der Waals surface area contributed by atoms with Crippen molar-refractivity contribution in [3.8, 4) is 11.3 Å². The molecule has 4 rings (SSSR count). The number of hydrogen-bond donors (Lipinski definition) is 1. The zero-order chi connectivity index (χ0) is 19.1. The zero-order valence-corrected chi connectivity index (χ0v) is 16.9. The van der Waals surface area contributed by atoms with E-state index >= 15 is 0 Å². The molecule has 1 N–H and O–H groups in total. The largest absolute Gasteiger partial charge is 0.354 e. The number of aromatic nitrogens is 1. The van der Waals surface area contributed by atoms with E-state index in [1.165, 1.54) is 0 Å². The third kappa shape index (κ3) is 3.13. The maximum Gasteiger partial charge on any atom is 0.223 e. The molecule has 3 nitrogen and oxygen atoms in total. The van der Waals surface area contributed by atoms with Crippen molar-refractivity contribution in [3.05, 3.63) is 58.1 Å². The Morgan fingerprint density at radius 3 is 2.74 bits per heavy atom. The number of nitrogens with zero attached hydrogens (tertiary/aromatic N) is 1. The molecule has 2 aromatic carbocycles. The number of nitrogens with one attached hydrogen (secondary N) is 1. The second-order valence-corrected chi connectivity index (χ2v) is 8.04. The van der Waals surface area contributed by atoms with E-state index in [2.05, 4.69) is 35.9 Å². The van der Waals surface area contributed by atoms with E-state index in [1.807, 2.05) is 24.3 Å². The number of amides is 1. The average Bonchev–Trinajstić information content (AvgIpc) is 3.21. The minimum Gasteiger partial charge on any atom is -0.354 e. The smallest absolute Gasteiger partial charge is 0.223 e. The van der Waals surface area contributed by atoms with Gasteiger partial charge in [0.25, 0.3) is 0 Å². The summed E-state index contributed by atoms with van der Waals surface area (Å²) < 4.78 is 0. The molecule has 0 spiro atoms. The van der Waals surface area contributed by atoms with E-state index in [0.717, 1.165) is 40.6 Å². The van der Waals surface area contributed by atoms with Gasteiger partial charge in [-0.1, -0.05) is 48.3 Å². The van der Waals surface area contributed by atoms with Gasteiger partial charge < -0.3 is 9.88 Å². The number of H-pyrrole nitrogens is 1. The number of rotatable bonds is 4. The minimum absolute atomic E-state index is 0.0466. The first kappa shape index (κ1) is 18.4. The summed E-state index contributed by atoms with van der Waals surface area (Å²) in [6.45, 7) is 4.25. The average molecular weight is 401 g/mol. The Morgan fingerprint density at radius 1 is 1.22 bits per heavy atom. The van der Waals surface area contributed by atoms with Crippen LogP contribution < -0.4 is 0 Å². The first-order valence-electron chi connectivity index (χ1n) is 9.38. The molecule has 1 aliphatic heterocycles. The van der Waals surface area contributed by atoms with E-state index in [0.29, 0.717) is 16.5 Å². The lowest BCUT2D eigenvalue weighted by Gasteiger charge is -2.31. The molecule has 3 aromatic rings. The van der Waals surface area contributed by atoms with E-state index in [9.17, 15) is 4.79 Å². The van der Waals surface area contributed by atoms with Gasteiger partial charge in [-0.15, -0.1) is 0 Å². The van der Waals surface area contributed by atoms with E-state index in [1.54, 1.807) is 6.07 Å². The van der Waals surface area contributed by atoms with Crippen molar-refractivity contribution in [1.82, 2.24) is 9.88 Å². The van der Waals surface area contributed by atoms with Crippen LogP contribution in [-0.2, 0) is 4.79 Å². The highest BCUT2D eigenvalue weighted by Gasteiger charge is 2.37. The third-order valence-electron chi connectivity index (χ3n) is 5.60. The van der Waals surface area contributed by atoms with Crippen molar-refractivity contribution in [2.75, 3.05) is 0 Å². The molecule has 1 saturated heterocycles. The van der Waals surface area contributed by atoms with Gasteiger partial charge in [0.15, 0.2) is 0 Å². The maximum atomic E-state index is 12.6. The molecular weight excluding hydrogens is 379 g/mol. The molecule has 1 fully saturated rings. The van der Waals surface area contributed by atoms with Crippen LogP contribution in [0.4, 0.5) is 0 Å². The van der Waals surface area contributed by atoms with Crippen LogP contribution in [0.25, 0.3) is 22.2 Å². The predicted octanol–water partition coefficient (Wildman–Crippen LogP) is 6.60. The Labute approximate surface area is 169 Å². The first-order valence-corrected chi connectivity index (χ1v) is 10.1. The Bertz CT molecular complexity index is 1010. The monoisotopic (exact) mass is 400 g/mol. The SMILES string of the molecule is CCC(C)N1C(=O)CCC1c1c(-c2ccc(Cl)cc2Cl)[nH]c2ccccc12. The number of fused-ring (bicyclic) bond motifs is 1. The summed E-state index contributed by atoms with van der Waals surface area (Å²) in [6, 6.07) is 14.0. The van der Waals surface area contributed by atoms with E-state index in [4.69, 9.17) is 23.2 Å². The summed E-state index contributed by atoms with van der Waals surface area (Å²) in [4.78, 5) is 18.3. The summed E-state index contributed by atoms with van der Waals surface area (Å²) in [6.07, 6.45) is 2.34. The van der Waals surface area contributed by atoms with Gasteiger partial charge in [-0.05, 0) is 44.0 Å². The molecule has 5 heteroatoms. The maximum absolute atomic E-state index is 12.6. The normalized spacial score (nSPS) is 18.4. The number of carbonyl (C=O) groups excluding carboxylic acids is 1. The molecule has 2 unspecified atom stereocenters. The van der Waals surface area contributed by atoms with Gasteiger partial charge in [0, 0.05) is 39.5 Å². The van der Waals surface area contributed by atoms with Gasteiger partial charge in [0.05, 0.1) is 16.8 Å². The first-order chi connectivity index (χ1) is 13.0. The molecule has 0 radical (unpaired) electrons. The second kappa shape index (κ2) is 7.21. The predicted molar refractivity (Wildman–Crippen MR) is 112 cm³/mol. The fourth-order valence-corrected chi connectivity index (χ4v) is 4.65. The quantitative estimate of drug-likeness (QED) is 0.525. The lowest BCUT2D eigenvalue weighted by molar-refractivity contribution is -0.131. The topological polar surface area (TPSA) is 36.1 Å². The van der Waals surface area contributed by atoms with Gasteiger partial charge in [0.2, 0.25) is 5.91 Å². The fraction of sp³-hybridized carbons (Fsp3) is 0.318. The molecule has 0 aliphatic carbocycles. The van der Waals surface area contributed by atoms with Gasteiger partial charge in [-0.3, -0.25) is 4.79 Å². The number of carbonyl (C=O) groups is 1. The summed E-state index contributed by atoms with van der Waals surface area (Å²) in [5.41, 5.74) is 4.10. The van der Waals surface area contributed by atoms with Crippen molar-refractivity contribution in [1.29, 1.82) is 0 Å². The molecule has 0 saturated carbocycles. The van der Waals surface area contributed by atoms with Gasteiger partial charge in [0.1, 0.15) is 0 Å². The van der Waals surface area contributed by atoms with Crippen molar-refractivity contribution < 1.29 is 4.79 Å². The molecule has 1 aromatic heterocycles. The molecule has 2 heterocycles. The fourth-order valence-electron chi connectivity index (χ4n) is 4.15. The van der Waals surface area contributed by atoms with Crippen LogP contribution in [0.3, 0.4) is 0 Å². The van der Waals surface area contributed by atoms with Crippen LogP contribution in [0.15, 0.2) is 42.5 Å². The number of para-hydroxylation sites is 1. The summed E-state index contributed by atoms with van der Waals surface area (Å²) in [5.74, 6) is 0.229. The van der Waals surface area contributed by atoms with Crippen molar-refractivity contribution >= 4 is 40.0 Å². The van der Waals surface area contributed by atoms with Crippen LogP contribution in [0.5, 0.6) is 0 Å². The van der Waals surface area contributed by atoms with Crippen LogP contribution >= 0.6 is 23.2 Å². The van der Waals surface area contributed by atoms with Crippen LogP contribution in [-0.4, -0.2) is 21.8 Å². The third-order valence-corrected chi connectivity index (χ3v) is 6.15. The number of aromatic amines is 1. The molecule has 1 aliphatic rings. The Hall–Kier alpha value is -1.97. The molecular formula is C22H22Cl2N2O. The van der Waals surface area contributed by atoms with Gasteiger partial charge in [-0.2, -0.15) is 0 Å². The van der Waals surface area contributed by atoms with Crippen LogP contribution in [0, 0.1) is 0 Å². The lowest BCUT2D eigenvalue weighted by atomic mass is 9.96. The summed E-state index contributed by atoms with van der Waals surface area (Å²) >= 11 is 12.6. The van der Waals surface area contributed by atoms with Crippen LogP contribution in [0.1, 0.15) is 44.7 Å². The molecule has 0 bridgehead atoms. The summed E-state index contributed by atoms with van der Waals surface area (Å²) in [7, 11) is 0. The highest BCUT2D eigenvalue weighted by atomic mass is 35.5. The second-order valence-electron chi connectivity index (χ2n) is 7.20. The molecule has 1 amide bonds. The van der Waals surface area contributed by atoms with Crippen molar-refractivity contribution in [2.24, 2.45) is 0 Å². The van der Waals surface area contributed by atoms with Gasteiger partial charge >= 0.3 is 0 Å². The van der Waals surface area contributed by atoms with Crippen molar-refractivity contribution in [3.63, 3.8) is 0 Å². The van der Waals surface area contributed by atoms with Crippen molar-refractivity contribution in [2.45, 2.75) is 45.2 Å². The van der Waals surface area contributed by atoms with Crippen LogP contribution in [0.2, 0.25) is 10.0 Å². The summed E-state index contributed by atoms with van der Waals surface area (Å²) in [5, 5.41) is 2.36. The molecule has 27 heavy (non-hydrogen) atoms. The van der Waals surface area contributed by atoms with E-state index in [-0.39, 0.29) is 18.0 Å². The number of benzene rings is 2. The minimum atomic E-state index is 0.0466. The van der Waals surface area contributed by atoms with Gasteiger partial charge in [-0.25, -0.2) is 0 Å². The Morgan fingerprint density at radius 2 is 2.00 bits per heavy atom. The highest BCUT2D eigenvalue weighted by Crippen LogP contribution is 2.45.